The van der Waals surface area contributed by atoms with Crippen molar-refractivity contribution in [2.45, 2.75) is 40.4 Å². The van der Waals surface area contributed by atoms with E-state index in [2.05, 4.69) is 15.2 Å². The van der Waals surface area contributed by atoms with Crippen LogP contribution in [-0.2, 0) is 22.8 Å². The molecule has 0 bridgehead atoms. The molecule has 0 aliphatic carbocycles. The van der Waals surface area contributed by atoms with Gasteiger partial charge in [-0.3, -0.25) is 13.9 Å². The number of hydrogen-bond acceptors (Lipinski definition) is 6. The number of methoxy groups -OCH3 is 1. The topological polar surface area (TPSA) is 83.2 Å². The Hall–Kier alpha value is -2.59. The first-order valence-corrected chi connectivity index (χ1v) is 11.7. The molecule has 1 aromatic heterocycles. The lowest BCUT2D eigenvalue weighted by Crippen LogP contribution is -2.49. The van der Waals surface area contributed by atoms with Gasteiger partial charge >= 0.3 is 0 Å². The maximum absolute atomic E-state index is 13.0. The van der Waals surface area contributed by atoms with Gasteiger partial charge in [0.25, 0.3) is 0 Å². The number of oxime groups is 1. The highest BCUT2D eigenvalue weighted by molar-refractivity contribution is 6.31. The monoisotopic (exact) mass is 535 g/mol. The van der Waals surface area contributed by atoms with Crippen LogP contribution in [0.15, 0.2) is 39.9 Å². The Labute approximate surface area is 215 Å². The first kappa shape index (κ1) is 30.4. The van der Waals surface area contributed by atoms with E-state index in [1.165, 1.54) is 10.9 Å². The van der Waals surface area contributed by atoms with Gasteiger partial charge in [0.2, 0.25) is 5.91 Å². The molecule has 8 nitrogen and oxygen atoms in total. The molecule has 196 valence electrons. The van der Waals surface area contributed by atoms with Crippen molar-refractivity contribution in [2.75, 3.05) is 40.5 Å². The largest absolute Gasteiger partial charge is 0.504 e. The van der Waals surface area contributed by atoms with Crippen molar-refractivity contribution in [1.82, 2.24) is 19.6 Å². The normalized spacial score (nSPS) is 15.7. The van der Waals surface area contributed by atoms with Gasteiger partial charge in [-0.15, -0.1) is 0 Å². The van der Waals surface area contributed by atoms with Crippen LogP contribution in [0.2, 0.25) is 5.02 Å². The molecule has 35 heavy (non-hydrogen) atoms. The number of carbonyl (C=O) groups excluding carboxylic acids is 1. The van der Waals surface area contributed by atoms with Crippen molar-refractivity contribution in [3.8, 4) is 0 Å². The van der Waals surface area contributed by atoms with Gasteiger partial charge in [0, 0.05) is 42.5 Å². The molecule has 0 radical (unpaired) electrons. The summed E-state index contributed by atoms with van der Waals surface area (Å²) in [6.07, 6.45) is 5.73. The van der Waals surface area contributed by atoms with Crippen LogP contribution in [0.5, 0.6) is 0 Å². The number of alkyl halides is 2. The summed E-state index contributed by atoms with van der Waals surface area (Å²) in [5.74, 6) is -0.123. The van der Waals surface area contributed by atoms with E-state index >= 15 is 0 Å². The zero-order valence-corrected chi connectivity index (χ0v) is 22.2. The van der Waals surface area contributed by atoms with Crippen molar-refractivity contribution in [2.24, 2.45) is 5.16 Å². The quantitative estimate of drug-likeness (QED) is 0.161. The van der Waals surface area contributed by atoms with E-state index in [9.17, 15) is 18.8 Å². The summed E-state index contributed by atoms with van der Waals surface area (Å²) < 4.78 is 29.1. The van der Waals surface area contributed by atoms with Gasteiger partial charge in [-0.2, -0.15) is 5.10 Å². The molecule has 0 unspecified atom stereocenters. The van der Waals surface area contributed by atoms with Crippen LogP contribution in [0.1, 0.15) is 31.7 Å². The minimum Gasteiger partial charge on any atom is -0.504 e. The summed E-state index contributed by atoms with van der Waals surface area (Å²) >= 11 is 12.4. The van der Waals surface area contributed by atoms with Crippen LogP contribution < -0.4 is 0 Å². The number of allylic oxidation sites excluding steroid dienone is 4. The van der Waals surface area contributed by atoms with Gasteiger partial charge in [0.15, 0.2) is 0 Å². The van der Waals surface area contributed by atoms with Crippen LogP contribution in [0.4, 0.5) is 8.78 Å². The van der Waals surface area contributed by atoms with Gasteiger partial charge < -0.3 is 19.7 Å². The minimum atomic E-state index is -0.779. The van der Waals surface area contributed by atoms with E-state index < -0.39 is 6.67 Å². The van der Waals surface area contributed by atoms with Crippen LogP contribution in [0.3, 0.4) is 0 Å². The van der Waals surface area contributed by atoms with Crippen LogP contribution in [-0.4, -0.2) is 76.9 Å². The Morgan fingerprint density at radius 3 is 2.34 bits per heavy atom. The average molecular weight is 536 g/mol. The number of carbonyl (C=O) groups is 1. The molecule has 1 fully saturated rings. The van der Waals surface area contributed by atoms with Gasteiger partial charge in [-0.25, -0.2) is 4.39 Å². The van der Waals surface area contributed by atoms with Crippen LogP contribution in [0.25, 0.3) is 0 Å². The summed E-state index contributed by atoms with van der Waals surface area (Å²) in [6, 6.07) is 0. The first-order chi connectivity index (χ1) is 16.8. The molecule has 2 rings (SSSR count). The number of hydrogen-bond donors (Lipinski definition) is 1. The third kappa shape index (κ3) is 8.24. The van der Waals surface area contributed by atoms with Crippen molar-refractivity contribution in [1.29, 1.82) is 0 Å². The molecule has 1 amide bonds. The molecule has 0 aromatic carbocycles. The zero-order valence-electron chi connectivity index (χ0n) is 20.7. The Bertz CT molecular complexity index is 969. The lowest BCUT2D eigenvalue weighted by molar-refractivity contribution is -0.133. The van der Waals surface area contributed by atoms with E-state index in [-0.39, 0.29) is 23.2 Å². The highest BCUT2D eigenvalue weighted by Gasteiger charge is 2.25. The molecule has 1 aromatic rings. The average Bonchev–Trinajstić information content (AvgIpc) is 3.16. The number of ether oxygens (including phenoxy) is 1. The maximum atomic E-state index is 13.0. The highest BCUT2D eigenvalue weighted by atomic mass is 35.5. The molecule has 1 saturated heterocycles. The number of aromatic nitrogens is 2. The molecular weight excluding hydrogens is 503 g/mol. The number of amides is 1. The van der Waals surface area contributed by atoms with Crippen LogP contribution >= 0.6 is 23.2 Å². The number of piperazine rings is 1. The van der Waals surface area contributed by atoms with E-state index in [4.69, 9.17) is 27.9 Å². The lowest BCUT2D eigenvalue weighted by atomic mass is 10.1. The molecule has 1 aliphatic rings. The van der Waals surface area contributed by atoms with Gasteiger partial charge in [-0.05, 0) is 32.4 Å². The summed E-state index contributed by atoms with van der Waals surface area (Å²) in [4.78, 5) is 16.7. The van der Waals surface area contributed by atoms with E-state index in [0.717, 1.165) is 5.70 Å². The molecule has 12 heteroatoms. The number of halogens is 4. The first-order valence-electron chi connectivity index (χ1n) is 10.9. The van der Waals surface area contributed by atoms with Crippen molar-refractivity contribution in [3.05, 3.63) is 51.1 Å². The van der Waals surface area contributed by atoms with Gasteiger partial charge in [0.05, 0.1) is 37.0 Å². The third-order valence-corrected chi connectivity index (χ3v) is 6.27. The molecular formula is C23H33Cl2F2N5O3. The molecule has 1 N–H and O–H groups in total. The number of rotatable bonds is 9. The predicted molar refractivity (Wildman–Crippen MR) is 134 cm³/mol. The Morgan fingerprint density at radius 2 is 1.86 bits per heavy atom. The summed E-state index contributed by atoms with van der Waals surface area (Å²) in [6.45, 7) is 6.58. The van der Waals surface area contributed by atoms with E-state index in [1.807, 2.05) is 6.92 Å². The minimum absolute atomic E-state index is 0.00575. The molecule has 2 heterocycles. The van der Waals surface area contributed by atoms with Crippen molar-refractivity contribution < 1.29 is 23.5 Å². The second-order valence-corrected chi connectivity index (χ2v) is 8.34. The van der Waals surface area contributed by atoms with Crippen molar-refractivity contribution in [3.63, 3.8) is 0 Å². The third-order valence-electron chi connectivity index (χ3n) is 5.40. The van der Waals surface area contributed by atoms with Crippen molar-refractivity contribution >= 4 is 34.8 Å². The molecule has 0 saturated carbocycles. The molecule has 0 spiro atoms. The van der Waals surface area contributed by atoms with E-state index in [0.29, 0.717) is 61.8 Å². The fourth-order valence-corrected chi connectivity index (χ4v) is 3.72. The Morgan fingerprint density at radius 1 is 1.26 bits per heavy atom. The second kappa shape index (κ2) is 15.4. The van der Waals surface area contributed by atoms with Gasteiger partial charge in [0.1, 0.15) is 18.9 Å². The second-order valence-electron chi connectivity index (χ2n) is 7.47. The number of nitrogens with zero attached hydrogens (tertiary/aromatic N) is 5. The SMILES string of the molecule is CC\C(Cl)=C/C(=C(\C=C\OC)N1CCN(C(=O)Cn2nc(CF)c(Cl)c2C)CC1)C(/C)=N/O.CF. The van der Waals surface area contributed by atoms with Gasteiger partial charge in [-0.1, -0.05) is 35.3 Å². The fraction of sp³-hybridized carbons (Fsp3) is 0.522. The zero-order chi connectivity index (χ0) is 26.5. The summed E-state index contributed by atoms with van der Waals surface area (Å²) in [7, 11) is 2.05. The highest BCUT2D eigenvalue weighted by Crippen LogP contribution is 2.23. The Balaban J connectivity index is 0.00000298. The van der Waals surface area contributed by atoms with Crippen LogP contribution in [0, 0.1) is 6.92 Å². The maximum Gasteiger partial charge on any atom is 0.244 e. The summed E-state index contributed by atoms with van der Waals surface area (Å²) in [5.41, 5.74) is 2.55. The predicted octanol–water partition coefficient (Wildman–Crippen LogP) is 4.84. The van der Waals surface area contributed by atoms with E-state index in [1.54, 1.807) is 38.0 Å². The standard InChI is InChI=1S/C22H30Cl2FN5O3.CH3F/c1-5-17(23)12-18(15(2)27-32)20(6-11-33-4)28-7-9-29(10-8-28)21(31)14-30-16(3)22(24)19(13-25)26-30;1-2/h6,11-12,32H,5,7-10,13-14H2,1-4H3;1H3/b11-6+,17-12+,20-18-,27-15+;. The smallest absolute Gasteiger partial charge is 0.244 e. The fourth-order valence-electron chi connectivity index (χ4n) is 3.43. The summed E-state index contributed by atoms with van der Waals surface area (Å²) in [5, 5.41) is 17.7. The molecule has 0 atom stereocenters. The molecule has 1 aliphatic heterocycles. The lowest BCUT2D eigenvalue weighted by Gasteiger charge is -2.37. The Kier molecular flexibility index (Phi) is 13.4.